The molecule has 2 heteroatoms. The molecule has 1 heterocycles. The van der Waals surface area contributed by atoms with Gasteiger partial charge in [-0.2, -0.15) is 0 Å². The normalized spacial score (nSPS) is 14.8. The van der Waals surface area contributed by atoms with Crippen LogP contribution >= 0.6 is 0 Å². The van der Waals surface area contributed by atoms with Gasteiger partial charge in [0.05, 0.1) is 0 Å². The van der Waals surface area contributed by atoms with Crippen molar-refractivity contribution in [1.82, 2.24) is 0 Å². The van der Waals surface area contributed by atoms with Crippen molar-refractivity contribution in [2.75, 3.05) is 18.9 Å². The lowest BCUT2D eigenvalue weighted by Gasteiger charge is -2.15. The highest BCUT2D eigenvalue weighted by molar-refractivity contribution is 6.01. The number of rotatable bonds is 1. The van der Waals surface area contributed by atoms with E-state index >= 15 is 0 Å². The molecule has 0 saturated carbocycles. The molecule has 1 N–H and O–H groups in total. The molecule has 0 atom stereocenters. The van der Waals surface area contributed by atoms with Gasteiger partial charge in [0.1, 0.15) is 0 Å². The number of anilines is 1. The van der Waals surface area contributed by atoms with Crippen LogP contribution < -0.4 is 5.32 Å². The molecule has 2 rings (SSSR count). The van der Waals surface area contributed by atoms with Crippen molar-refractivity contribution in [3.63, 3.8) is 0 Å². The van der Waals surface area contributed by atoms with Gasteiger partial charge in [0.15, 0.2) is 0 Å². The Morgan fingerprint density at radius 3 is 3.00 bits per heavy atom. The highest BCUT2D eigenvalue weighted by Crippen LogP contribution is 2.20. The second-order valence-corrected chi connectivity index (χ2v) is 3.34. The van der Waals surface area contributed by atoms with E-state index in [1.54, 1.807) is 0 Å². The van der Waals surface area contributed by atoms with Crippen LogP contribution in [0.15, 0.2) is 23.2 Å². The van der Waals surface area contributed by atoms with Crippen LogP contribution in [0.1, 0.15) is 18.1 Å². The maximum Gasteiger partial charge on any atom is 0.0433 e. The van der Waals surface area contributed by atoms with E-state index in [0.717, 1.165) is 13.0 Å². The van der Waals surface area contributed by atoms with Gasteiger partial charge < -0.3 is 5.32 Å². The Balaban J connectivity index is 2.48. The molecule has 0 bridgehead atoms. The second-order valence-electron chi connectivity index (χ2n) is 3.34. The smallest absolute Gasteiger partial charge is 0.0433 e. The van der Waals surface area contributed by atoms with E-state index in [4.69, 9.17) is 0 Å². The quantitative estimate of drug-likeness (QED) is 0.692. The van der Waals surface area contributed by atoms with Crippen molar-refractivity contribution in [3.8, 4) is 0 Å². The molecule has 0 saturated heterocycles. The summed E-state index contributed by atoms with van der Waals surface area (Å²) in [6.45, 7) is 3.02. The number of nitrogens with one attached hydrogen (secondary N) is 1. The first-order valence-corrected chi connectivity index (χ1v) is 4.63. The van der Waals surface area contributed by atoms with Gasteiger partial charge in [-0.25, -0.2) is 0 Å². The summed E-state index contributed by atoms with van der Waals surface area (Å²) in [4.78, 5) is 4.42. The molecular formula is C11H14N2. The molecule has 2 nitrogen and oxygen atoms in total. The van der Waals surface area contributed by atoms with E-state index in [9.17, 15) is 0 Å². The van der Waals surface area contributed by atoms with E-state index in [2.05, 4.69) is 35.4 Å². The molecule has 0 spiro atoms. The molecule has 1 aromatic rings. The van der Waals surface area contributed by atoms with Crippen LogP contribution in [0.3, 0.4) is 0 Å². The molecule has 1 aromatic carbocycles. The van der Waals surface area contributed by atoms with Crippen molar-refractivity contribution >= 4 is 11.4 Å². The van der Waals surface area contributed by atoms with Crippen LogP contribution in [-0.2, 0) is 6.42 Å². The number of fused-ring (bicyclic) bond motifs is 1. The van der Waals surface area contributed by atoms with Gasteiger partial charge in [-0.3, -0.25) is 4.99 Å². The first-order chi connectivity index (χ1) is 6.31. The summed E-state index contributed by atoms with van der Waals surface area (Å²) < 4.78 is 0. The highest BCUT2D eigenvalue weighted by atomic mass is 14.8. The lowest BCUT2D eigenvalue weighted by Crippen LogP contribution is -2.10. The van der Waals surface area contributed by atoms with E-state index in [1.165, 1.54) is 22.5 Å². The van der Waals surface area contributed by atoms with Crippen molar-refractivity contribution in [2.24, 2.45) is 4.99 Å². The van der Waals surface area contributed by atoms with Crippen LogP contribution in [0.25, 0.3) is 0 Å². The molecule has 1 aliphatic rings. The largest absolute Gasteiger partial charge is 0.388 e. The fourth-order valence-electron chi connectivity index (χ4n) is 1.74. The van der Waals surface area contributed by atoms with Crippen LogP contribution in [-0.4, -0.2) is 19.3 Å². The zero-order valence-electron chi connectivity index (χ0n) is 8.09. The molecule has 0 radical (unpaired) electrons. The average molecular weight is 174 g/mol. The molecule has 0 amide bonds. The Morgan fingerprint density at radius 1 is 1.38 bits per heavy atom. The van der Waals surface area contributed by atoms with E-state index < -0.39 is 0 Å². The predicted octanol–water partition coefficient (Wildman–Crippen LogP) is 2.09. The Bertz CT molecular complexity index is 353. The summed E-state index contributed by atoms with van der Waals surface area (Å²) in [6, 6.07) is 6.47. The number of hydrogen-bond donors (Lipinski definition) is 1. The predicted molar refractivity (Wildman–Crippen MR) is 56.8 cm³/mol. The fourth-order valence-corrected chi connectivity index (χ4v) is 1.74. The SMILES string of the molecule is CNc1ccc2c(c1)CCN=C2C. The van der Waals surface area contributed by atoms with Crippen molar-refractivity contribution in [1.29, 1.82) is 0 Å². The van der Waals surface area contributed by atoms with Crippen molar-refractivity contribution < 1.29 is 0 Å². The molecule has 0 fully saturated rings. The second kappa shape index (κ2) is 3.21. The van der Waals surface area contributed by atoms with Gasteiger partial charge in [0.2, 0.25) is 0 Å². The topological polar surface area (TPSA) is 24.4 Å². The lowest BCUT2D eigenvalue weighted by atomic mass is 9.98. The average Bonchev–Trinajstić information content (AvgIpc) is 2.18. The van der Waals surface area contributed by atoms with Crippen LogP contribution in [0.5, 0.6) is 0 Å². The number of hydrogen-bond acceptors (Lipinski definition) is 2. The Hall–Kier alpha value is -1.31. The van der Waals surface area contributed by atoms with E-state index in [1.807, 2.05) is 7.05 Å². The standard InChI is InChI=1S/C11H14N2/c1-8-11-4-3-10(12-2)7-9(11)5-6-13-8/h3-4,7,12H,5-6H2,1-2H3. The highest BCUT2D eigenvalue weighted by Gasteiger charge is 2.09. The number of benzene rings is 1. The molecule has 0 aromatic heterocycles. The summed E-state index contributed by atoms with van der Waals surface area (Å²) in [7, 11) is 1.95. The third kappa shape index (κ3) is 1.44. The maximum absolute atomic E-state index is 4.42. The third-order valence-electron chi connectivity index (χ3n) is 2.51. The third-order valence-corrected chi connectivity index (χ3v) is 2.51. The minimum absolute atomic E-state index is 0.937. The van der Waals surface area contributed by atoms with Gasteiger partial charge >= 0.3 is 0 Å². The van der Waals surface area contributed by atoms with Gasteiger partial charge in [-0.15, -0.1) is 0 Å². The monoisotopic (exact) mass is 174 g/mol. The van der Waals surface area contributed by atoms with Crippen molar-refractivity contribution in [3.05, 3.63) is 29.3 Å². The van der Waals surface area contributed by atoms with Crippen LogP contribution in [0, 0.1) is 0 Å². The minimum Gasteiger partial charge on any atom is -0.388 e. The van der Waals surface area contributed by atoms with Gasteiger partial charge in [0.25, 0.3) is 0 Å². The number of aliphatic imine (C=N–C) groups is 1. The molecule has 68 valence electrons. The van der Waals surface area contributed by atoms with E-state index in [-0.39, 0.29) is 0 Å². The summed E-state index contributed by atoms with van der Waals surface area (Å²) in [5, 5.41) is 3.15. The van der Waals surface area contributed by atoms with Crippen LogP contribution in [0.2, 0.25) is 0 Å². The van der Waals surface area contributed by atoms with Gasteiger partial charge in [0, 0.05) is 25.0 Å². The van der Waals surface area contributed by atoms with Gasteiger partial charge in [-0.1, -0.05) is 6.07 Å². The number of nitrogens with zero attached hydrogens (tertiary/aromatic N) is 1. The fraction of sp³-hybridized carbons (Fsp3) is 0.364. The summed E-state index contributed by atoms with van der Waals surface area (Å²) in [6.07, 6.45) is 1.07. The van der Waals surface area contributed by atoms with E-state index in [0.29, 0.717) is 0 Å². The zero-order chi connectivity index (χ0) is 9.26. The summed E-state index contributed by atoms with van der Waals surface area (Å²) in [5.41, 5.74) is 5.09. The van der Waals surface area contributed by atoms with Crippen LogP contribution in [0.4, 0.5) is 5.69 Å². The van der Waals surface area contributed by atoms with Crippen molar-refractivity contribution in [2.45, 2.75) is 13.3 Å². The minimum atomic E-state index is 0.937. The maximum atomic E-state index is 4.42. The summed E-state index contributed by atoms with van der Waals surface area (Å²) in [5.74, 6) is 0. The Morgan fingerprint density at radius 2 is 2.23 bits per heavy atom. The lowest BCUT2D eigenvalue weighted by molar-refractivity contribution is 0.942. The summed E-state index contributed by atoms with van der Waals surface area (Å²) >= 11 is 0. The Kier molecular flexibility index (Phi) is 2.05. The Labute approximate surface area is 78.7 Å². The molecule has 1 aliphatic heterocycles. The first-order valence-electron chi connectivity index (χ1n) is 4.63. The molecule has 13 heavy (non-hydrogen) atoms. The molecule has 0 unspecified atom stereocenters. The molecular weight excluding hydrogens is 160 g/mol. The zero-order valence-corrected chi connectivity index (χ0v) is 8.09. The van der Waals surface area contributed by atoms with Gasteiger partial charge in [-0.05, 0) is 36.6 Å². The molecule has 0 aliphatic carbocycles. The first kappa shape index (κ1) is 8.30.